The predicted molar refractivity (Wildman–Crippen MR) is 106 cm³/mol. The third-order valence-electron chi connectivity index (χ3n) is 3.44. The molecule has 0 aliphatic rings. The zero-order valence-electron chi connectivity index (χ0n) is 13.4. The summed E-state index contributed by atoms with van der Waals surface area (Å²) < 4.78 is 0.728. The van der Waals surface area contributed by atoms with E-state index in [1.807, 2.05) is 24.3 Å². The lowest BCUT2D eigenvalue weighted by Gasteiger charge is -2.12. The van der Waals surface area contributed by atoms with E-state index in [9.17, 15) is 4.79 Å². The highest BCUT2D eigenvalue weighted by Gasteiger charge is 2.09. The van der Waals surface area contributed by atoms with Gasteiger partial charge in [0.1, 0.15) is 0 Å². The second-order valence-corrected chi connectivity index (χ2v) is 6.58. The first-order chi connectivity index (χ1) is 11.6. The number of benzene rings is 2. The zero-order chi connectivity index (χ0) is 17.4. The lowest BCUT2D eigenvalue weighted by molar-refractivity contribution is 0.0943. The molecule has 0 spiro atoms. The smallest absolute Gasteiger partial charge is 0.270 e. The Morgan fingerprint density at radius 3 is 2.46 bits per heavy atom. The predicted octanol–water partition coefficient (Wildman–Crippen LogP) is 4.42. The molecule has 0 fully saturated rings. The number of hydrazine groups is 1. The molecule has 0 saturated heterocycles. The SMILES string of the molecule is CCCCc1ccc(NC(=S)NNC(=O)c2ccccc2Br)cc1. The number of halogens is 1. The molecular weight excluding hydrogens is 386 g/mol. The summed E-state index contributed by atoms with van der Waals surface area (Å²) in [5, 5.41) is 3.37. The molecule has 0 atom stereocenters. The van der Waals surface area contributed by atoms with Gasteiger partial charge in [-0.15, -0.1) is 0 Å². The Morgan fingerprint density at radius 1 is 1.08 bits per heavy atom. The van der Waals surface area contributed by atoms with Crippen LogP contribution in [0.15, 0.2) is 53.0 Å². The van der Waals surface area contributed by atoms with E-state index in [1.165, 1.54) is 18.4 Å². The molecule has 126 valence electrons. The summed E-state index contributed by atoms with van der Waals surface area (Å²) in [6.07, 6.45) is 3.46. The van der Waals surface area contributed by atoms with Crippen molar-refractivity contribution in [3.63, 3.8) is 0 Å². The van der Waals surface area contributed by atoms with Crippen molar-refractivity contribution in [3.05, 3.63) is 64.1 Å². The summed E-state index contributed by atoms with van der Waals surface area (Å²) in [4.78, 5) is 12.1. The normalized spacial score (nSPS) is 10.1. The minimum atomic E-state index is -0.262. The number of hydrogen-bond donors (Lipinski definition) is 3. The molecule has 0 aliphatic heterocycles. The number of carbonyl (C=O) groups excluding carboxylic acids is 1. The average molecular weight is 406 g/mol. The van der Waals surface area contributed by atoms with Crippen LogP contribution in [0, 0.1) is 0 Å². The lowest BCUT2D eigenvalue weighted by atomic mass is 10.1. The molecule has 0 aliphatic carbocycles. The topological polar surface area (TPSA) is 53.2 Å². The summed E-state index contributed by atoms with van der Waals surface area (Å²) in [7, 11) is 0. The van der Waals surface area contributed by atoms with Gasteiger partial charge >= 0.3 is 0 Å². The quantitative estimate of drug-likeness (QED) is 0.508. The molecule has 0 bridgehead atoms. The molecule has 2 aromatic carbocycles. The first kappa shape index (κ1) is 18.4. The number of hydrogen-bond acceptors (Lipinski definition) is 2. The number of carbonyl (C=O) groups is 1. The minimum absolute atomic E-state index is 0.262. The van der Waals surface area contributed by atoms with Crippen molar-refractivity contribution in [2.24, 2.45) is 0 Å². The summed E-state index contributed by atoms with van der Waals surface area (Å²) in [5.74, 6) is -0.262. The molecule has 4 nitrogen and oxygen atoms in total. The maximum Gasteiger partial charge on any atom is 0.270 e. The number of nitrogens with one attached hydrogen (secondary N) is 3. The van der Waals surface area contributed by atoms with E-state index in [4.69, 9.17) is 12.2 Å². The van der Waals surface area contributed by atoms with Gasteiger partial charge in [0.05, 0.1) is 5.56 Å². The Hall–Kier alpha value is -1.92. The van der Waals surface area contributed by atoms with E-state index >= 15 is 0 Å². The lowest BCUT2D eigenvalue weighted by Crippen LogP contribution is -2.43. The Balaban J connectivity index is 1.83. The van der Waals surface area contributed by atoms with Gasteiger partial charge in [0, 0.05) is 10.2 Å². The van der Waals surface area contributed by atoms with Crippen molar-refractivity contribution >= 4 is 44.9 Å². The molecule has 24 heavy (non-hydrogen) atoms. The second-order valence-electron chi connectivity index (χ2n) is 5.31. The summed E-state index contributed by atoms with van der Waals surface area (Å²) >= 11 is 8.54. The molecule has 0 aromatic heterocycles. The van der Waals surface area contributed by atoms with Gasteiger partial charge in [0.25, 0.3) is 5.91 Å². The number of rotatable bonds is 5. The van der Waals surface area contributed by atoms with Crippen LogP contribution in [0.25, 0.3) is 0 Å². The van der Waals surface area contributed by atoms with Crippen LogP contribution in [-0.2, 0) is 6.42 Å². The van der Waals surface area contributed by atoms with Crippen LogP contribution < -0.4 is 16.2 Å². The molecule has 2 aromatic rings. The van der Waals surface area contributed by atoms with Gasteiger partial charge in [-0.3, -0.25) is 15.6 Å². The standard InChI is InChI=1S/C18H20BrN3OS/c1-2-3-6-13-9-11-14(12-10-13)20-18(24)22-21-17(23)15-7-4-5-8-16(15)19/h4-5,7-12H,2-3,6H2,1H3,(H,21,23)(H2,20,22,24). The molecule has 0 unspecified atom stereocenters. The number of anilines is 1. The van der Waals surface area contributed by atoms with E-state index < -0.39 is 0 Å². The highest BCUT2D eigenvalue weighted by Crippen LogP contribution is 2.15. The van der Waals surface area contributed by atoms with Crippen LogP contribution in [0.2, 0.25) is 0 Å². The Morgan fingerprint density at radius 2 is 1.79 bits per heavy atom. The van der Waals surface area contributed by atoms with Gasteiger partial charge in [-0.1, -0.05) is 37.6 Å². The molecule has 0 radical (unpaired) electrons. The van der Waals surface area contributed by atoms with Gasteiger partial charge < -0.3 is 5.32 Å². The van der Waals surface area contributed by atoms with E-state index in [0.29, 0.717) is 10.7 Å². The molecule has 3 N–H and O–H groups in total. The second kappa shape index (κ2) is 9.39. The van der Waals surface area contributed by atoms with E-state index in [0.717, 1.165) is 16.6 Å². The number of thiocarbonyl (C=S) groups is 1. The van der Waals surface area contributed by atoms with Gasteiger partial charge in [0.2, 0.25) is 0 Å². The maximum absolute atomic E-state index is 12.1. The fraction of sp³-hybridized carbons (Fsp3) is 0.222. The Kier molecular flexibility index (Phi) is 7.21. The van der Waals surface area contributed by atoms with Crippen LogP contribution in [0.1, 0.15) is 35.7 Å². The molecule has 2 rings (SSSR count). The highest BCUT2D eigenvalue weighted by atomic mass is 79.9. The third kappa shape index (κ3) is 5.62. The van der Waals surface area contributed by atoms with Crippen LogP contribution in [0.4, 0.5) is 5.69 Å². The highest BCUT2D eigenvalue weighted by molar-refractivity contribution is 9.10. The summed E-state index contributed by atoms with van der Waals surface area (Å²) in [6.45, 7) is 2.18. The zero-order valence-corrected chi connectivity index (χ0v) is 15.8. The average Bonchev–Trinajstić information content (AvgIpc) is 2.59. The number of aryl methyl sites for hydroxylation is 1. The van der Waals surface area contributed by atoms with E-state index in [1.54, 1.807) is 12.1 Å². The fourth-order valence-corrected chi connectivity index (χ4v) is 2.76. The van der Waals surface area contributed by atoms with Crippen molar-refractivity contribution < 1.29 is 4.79 Å². The molecule has 0 saturated carbocycles. The largest absolute Gasteiger partial charge is 0.331 e. The summed E-state index contributed by atoms with van der Waals surface area (Å²) in [5.41, 5.74) is 8.00. The van der Waals surface area contributed by atoms with Crippen molar-refractivity contribution in [3.8, 4) is 0 Å². The van der Waals surface area contributed by atoms with Crippen LogP contribution in [0.5, 0.6) is 0 Å². The Labute approximate surface area is 156 Å². The van der Waals surface area contributed by atoms with Crippen LogP contribution >= 0.6 is 28.1 Å². The Bertz CT molecular complexity index is 704. The molecule has 0 heterocycles. The van der Waals surface area contributed by atoms with Crippen LogP contribution in [0.3, 0.4) is 0 Å². The van der Waals surface area contributed by atoms with Crippen molar-refractivity contribution in [1.82, 2.24) is 10.9 Å². The third-order valence-corrected chi connectivity index (χ3v) is 4.33. The van der Waals surface area contributed by atoms with Gasteiger partial charge in [-0.05, 0) is 70.8 Å². The number of unbranched alkanes of at least 4 members (excludes halogenated alkanes) is 1. The van der Waals surface area contributed by atoms with Gasteiger partial charge in [-0.25, -0.2) is 0 Å². The minimum Gasteiger partial charge on any atom is -0.331 e. The van der Waals surface area contributed by atoms with E-state index in [2.05, 4.69) is 51.2 Å². The first-order valence-corrected chi connectivity index (χ1v) is 9.01. The van der Waals surface area contributed by atoms with Gasteiger partial charge in [0.15, 0.2) is 5.11 Å². The summed E-state index contributed by atoms with van der Waals surface area (Å²) in [6, 6.07) is 15.3. The molecule has 6 heteroatoms. The maximum atomic E-state index is 12.1. The molecule has 1 amide bonds. The van der Waals surface area contributed by atoms with Crippen molar-refractivity contribution in [2.75, 3.05) is 5.32 Å². The van der Waals surface area contributed by atoms with Crippen molar-refractivity contribution in [1.29, 1.82) is 0 Å². The fourth-order valence-electron chi connectivity index (χ4n) is 2.12. The number of amides is 1. The van der Waals surface area contributed by atoms with Crippen LogP contribution in [-0.4, -0.2) is 11.0 Å². The van der Waals surface area contributed by atoms with Gasteiger partial charge in [-0.2, -0.15) is 0 Å². The first-order valence-electron chi connectivity index (χ1n) is 7.81. The van der Waals surface area contributed by atoms with Crippen molar-refractivity contribution in [2.45, 2.75) is 26.2 Å². The molecular formula is C18H20BrN3OS. The monoisotopic (exact) mass is 405 g/mol. The van der Waals surface area contributed by atoms with E-state index in [-0.39, 0.29) is 5.91 Å².